The Bertz CT molecular complexity index is 245. The molecule has 1 aromatic rings. The van der Waals surface area contributed by atoms with Gasteiger partial charge >= 0.3 is 0 Å². The molecule has 60 valence electrons. The second kappa shape index (κ2) is 3.37. The molecule has 0 aromatic heterocycles. The topological polar surface area (TPSA) is 12.0 Å². The van der Waals surface area contributed by atoms with Crippen LogP contribution in [0.3, 0.4) is 0 Å². The second-order valence-corrected chi connectivity index (χ2v) is 2.37. The lowest BCUT2D eigenvalue weighted by Crippen LogP contribution is -1.96. The first-order chi connectivity index (χ1) is 5.29. The lowest BCUT2D eigenvalue weighted by atomic mass is 10.1. The molecule has 0 unspecified atom stereocenters. The van der Waals surface area contributed by atoms with Gasteiger partial charge in [0, 0.05) is 18.3 Å². The van der Waals surface area contributed by atoms with Crippen molar-refractivity contribution in [3.05, 3.63) is 29.6 Å². The summed E-state index contributed by atoms with van der Waals surface area (Å²) in [5, 5.41) is 2.95. The number of nitrogens with one attached hydrogen (secondary N) is 1. The zero-order valence-corrected chi connectivity index (χ0v) is 6.82. The van der Waals surface area contributed by atoms with Crippen LogP contribution < -0.4 is 5.32 Å². The van der Waals surface area contributed by atoms with Crippen LogP contribution in [0, 0.1) is 5.82 Å². The molecular weight excluding hydrogens is 141 g/mol. The summed E-state index contributed by atoms with van der Waals surface area (Å²) in [6.45, 7) is 1.94. The van der Waals surface area contributed by atoms with Gasteiger partial charge in [-0.05, 0) is 18.6 Å². The molecule has 1 N–H and O–H groups in total. The minimum Gasteiger partial charge on any atom is -0.388 e. The van der Waals surface area contributed by atoms with Gasteiger partial charge in [-0.3, -0.25) is 0 Å². The number of benzene rings is 1. The van der Waals surface area contributed by atoms with Crippen molar-refractivity contribution in [3.63, 3.8) is 0 Å². The average molecular weight is 153 g/mol. The average Bonchev–Trinajstić information content (AvgIpc) is 2.04. The van der Waals surface area contributed by atoms with Crippen LogP contribution >= 0.6 is 0 Å². The van der Waals surface area contributed by atoms with Crippen LogP contribution in [0.5, 0.6) is 0 Å². The van der Waals surface area contributed by atoms with E-state index < -0.39 is 0 Å². The molecule has 0 aliphatic rings. The van der Waals surface area contributed by atoms with Crippen molar-refractivity contribution in [1.29, 1.82) is 0 Å². The highest BCUT2D eigenvalue weighted by molar-refractivity contribution is 5.51. The molecule has 0 amide bonds. The van der Waals surface area contributed by atoms with Crippen molar-refractivity contribution in [2.75, 3.05) is 12.4 Å². The first-order valence-corrected chi connectivity index (χ1v) is 3.74. The van der Waals surface area contributed by atoms with Crippen molar-refractivity contribution in [1.82, 2.24) is 0 Å². The minimum atomic E-state index is -0.126. The summed E-state index contributed by atoms with van der Waals surface area (Å²) in [4.78, 5) is 0. The van der Waals surface area contributed by atoms with Crippen LogP contribution in [0.1, 0.15) is 12.5 Å². The number of hydrogen-bond donors (Lipinski definition) is 1. The molecule has 0 radical (unpaired) electrons. The largest absolute Gasteiger partial charge is 0.388 e. The molecule has 0 spiro atoms. The number of hydrogen-bond acceptors (Lipinski definition) is 1. The van der Waals surface area contributed by atoms with Crippen LogP contribution in [0.2, 0.25) is 0 Å². The zero-order chi connectivity index (χ0) is 8.27. The van der Waals surface area contributed by atoms with Crippen molar-refractivity contribution in [2.45, 2.75) is 13.3 Å². The Morgan fingerprint density at radius 2 is 2.18 bits per heavy atom. The van der Waals surface area contributed by atoms with E-state index >= 15 is 0 Å². The third-order valence-corrected chi connectivity index (χ3v) is 1.74. The van der Waals surface area contributed by atoms with Crippen LogP contribution in [-0.2, 0) is 6.42 Å². The maximum Gasteiger partial charge on any atom is 0.128 e. The fourth-order valence-electron chi connectivity index (χ4n) is 1.15. The summed E-state index contributed by atoms with van der Waals surface area (Å²) in [7, 11) is 1.80. The van der Waals surface area contributed by atoms with E-state index in [2.05, 4.69) is 5.32 Å². The summed E-state index contributed by atoms with van der Waals surface area (Å²) in [5.41, 5.74) is 1.64. The molecule has 0 fully saturated rings. The standard InChI is InChI=1S/C9H12FN/c1-3-7-8(10)5-4-6-9(7)11-2/h4-6,11H,3H2,1-2H3. The Labute approximate surface area is 66.2 Å². The first-order valence-electron chi connectivity index (χ1n) is 3.74. The monoisotopic (exact) mass is 153 g/mol. The van der Waals surface area contributed by atoms with E-state index in [1.807, 2.05) is 13.0 Å². The molecular formula is C9H12FN. The molecule has 0 saturated heterocycles. The highest BCUT2D eigenvalue weighted by Gasteiger charge is 2.02. The van der Waals surface area contributed by atoms with Crippen LogP contribution in [0.4, 0.5) is 10.1 Å². The Morgan fingerprint density at radius 3 is 2.64 bits per heavy atom. The number of anilines is 1. The SMILES string of the molecule is CCc1c(F)cccc1NC. The highest BCUT2D eigenvalue weighted by Crippen LogP contribution is 2.18. The van der Waals surface area contributed by atoms with Gasteiger partial charge in [0.15, 0.2) is 0 Å². The molecule has 0 aliphatic heterocycles. The fraction of sp³-hybridized carbons (Fsp3) is 0.333. The maximum atomic E-state index is 13.0. The maximum absolute atomic E-state index is 13.0. The van der Waals surface area contributed by atoms with E-state index in [1.54, 1.807) is 13.1 Å². The third-order valence-electron chi connectivity index (χ3n) is 1.74. The molecule has 0 atom stereocenters. The van der Waals surface area contributed by atoms with Crippen LogP contribution in [-0.4, -0.2) is 7.05 Å². The quantitative estimate of drug-likeness (QED) is 0.688. The summed E-state index contributed by atoms with van der Waals surface area (Å²) < 4.78 is 13.0. The lowest BCUT2D eigenvalue weighted by Gasteiger charge is -2.06. The Balaban J connectivity index is 3.13. The van der Waals surface area contributed by atoms with Gasteiger partial charge in [0.05, 0.1) is 0 Å². The van der Waals surface area contributed by atoms with Crippen molar-refractivity contribution < 1.29 is 4.39 Å². The normalized spacial score (nSPS) is 9.73. The van der Waals surface area contributed by atoms with E-state index in [0.29, 0.717) is 0 Å². The first kappa shape index (κ1) is 8.05. The zero-order valence-electron chi connectivity index (χ0n) is 6.82. The molecule has 11 heavy (non-hydrogen) atoms. The molecule has 1 rings (SSSR count). The van der Waals surface area contributed by atoms with E-state index in [4.69, 9.17) is 0 Å². The smallest absolute Gasteiger partial charge is 0.128 e. The molecule has 2 heteroatoms. The predicted molar refractivity (Wildman–Crippen MR) is 45.3 cm³/mol. The summed E-state index contributed by atoms with van der Waals surface area (Å²) in [5.74, 6) is -0.126. The Morgan fingerprint density at radius 1 is 1.45 bits per heavy atom. The molecule has 1 nitrogen and oxygen atoms in total. The summed E-state index contributed by atoms with van der Waals surface area (Å²) >= 11 is 0. The molecule has 0 heterocycles. The Kier molecular flexibility index (Phi) is 2.47. The van der Waals surface area contributed by atoms with Crippen molar-refractivity contribution in [3.8, 4) is 0 Å². The summed E-state index contributed by atoms with van der Waals surface area (Å²) in [6.07, 6.45) is 0.725. The predicted octanol–water partition coefficient (Wildman–Crippen LogP) is 2.43. The van der Waals surface area contributed by atoms with Crippen LogP contribution in [0.25, 0.3) is 0 Å². The second-order valence-electron chi connectivity index (χ2n) is 2.37. The van der Waals surface area contributed by atoms with E-state index in [9.17, 15) is 4.39 Å². The fourth-order valence-corrected chi connectivity index (χ4v) is 1.15. The van der Waals surface area contributed by atoms with Crippen molar-refractivity contribution >= 4 is 5.69 Å². The van der Waals surface area contributed by atoms with Crippen LogP contribution in [0.15, 0.2) is 18.2 Å². The van der Waals surface area contributed by atoms with E-state index in [1.165, 1.54) is 6.07 Å². The molecule has 0 saturated carbocycles. The molecule has 1 aromatic carbocycles. The van der Waals surface area contributed by atoms with E-state index in [-0.39, 0.29) is 5.82 Å². The van der Waals surface area contributed by atoms with Gasteiger partial charge in [-0.15, -0.1) is 0 Å². The van der Waals surface area contributed by atoms with E-state index in [0.717, 1.165) is 17.7 Å². The summed E-state index contributed by atoms with van der Waals surface area (Å²) in [6, 6.07) is 5.07. The molecule has 0 aliphatic carbocycles. The minimum absolute atomic E-state index is 0.126. The molecule has 0 bridgehead atoms. The van der Waals surface area contributed by atoms with Gasteiger partial charge in [-0.2, -0.15) is 0 Å². The third kappa shape index (κ3) is 1.50. The number of rotatable bonds is 2. The van der Waals surface area contributed by atoms with Crippen molar-refractivity contribution in [2.24, 2.45) is 0 Å². The van der Waals surface area contributed by atoms with Gasteiger partial charge in [0.25, 0.3) is 0 Å². The van der Waals surface area contributed by atoms with Gasteiger partial charge < -0.3 is 5.32 Å². The van der Waals surface area contributed by atoms with Gasteiger partial charge in [-0.1, -0.05) is 13.0 Å². The Hall–Kier alpha value is -1.05. The highest BCUT2D eigenvalue weighted by atomic mass is 19.1. The van der Waals surface area contributed by atoms with Gasteiger partial charge in [0.2, 0.25) is 0 Å². The number of halogens is 1. The van der Waals surface area contributed by atoms with Gasteiger partial charge in [-0.25, -0.2) is 4.39 Å². The van der Waals surface area contributed by atoms with Gasteiger partial charge in [0.1, 0.15) is 5.82 Å². The lowest BCUT2D eigenvalue weighted by molar-refractivity contribution is 0.613.